The normalized spacial score (nSPS) is 12.2. The van der Waals surface area contributed by atoms with E-state index in [0.717, 1.165) is 0 Å². The van der Waals surface area contributed by atoms with Crippen LogP contribution in [-0.4, -0.2) is 5.11 Å². The number of benzene rings is 1. The fourth-order valence-electron chi connectivity index (χ4n) is 1.47. The lowest BCUT2D eigenvalue weighted by Gasteiger charge is -2.20. The molecule has 1 nitrogen and oxygen atoms in total. The Kier molecular flexibility index (Phi) is 2.95. The molecule has 1 N–H and O–H groups in total. The van der Waals surface area contributed by atoms with E-state index in [-0.39, 0.29) is 11.7 Å². The molecule has 0 aliphatic heterocycles. The summed E-state index contributed by atoms with van der Waals surface area (Å²) >= 11 is 0. The summed E-state index contributed by atoms with van der Waals surface area (Å²) in [4.78, 5) is 0. The highest BCUT2D eigenvalue weighted by Crippen LogP contribution is 2.28. The minimum atomic E-state index is -1.12. The molecule has 0 saturated heterocycles. The van der Waals surface area contributed by atoms with Crippen molar-refractivity contribution in [3.63, 3.8) is 0 Å². The van der Waals surface area contributed by atoms with Crippen molar-refractivity contribution in [1.29, 1.82) is 0 Å². The van der Waals surface area contributed by atoms with E-state index in [1.165, 1.54) is 0 Å². The molecule has 0 aromatic heterocycles. The average Bonchev–Trinajstić information content (AvgIpc) is 2.01. The maximum Gasteiger partial charge on any atom is 0.132 e. The fourth-order valence-corrected chi connectivity index (χ4v) is 1.47. The van der Waals surface area contributed by atoms with Crippen molar-refractivity contribution in [1.82, 2.24) is 0 Å². The first kappa shape index (κ1) is 11.2. The van der Waals surface area contributed by atoms with Gasteiger partial charge >= 0.3 is 0 Å². The zero-order valence-corrected chi connectivity index (χ0v) is 9.13. The molecule has 0 unspecified atom stereocenters. The van der Waals surface area contributed by atoms with Crippen LogP contribution < -0.4 is 0 Å². The van der Waals surface area contributed by atoms with E-state index in [1.807, 2.05) is 13.8 Å². The summed E-state index contributed by atoms with van der Waals surface area (Å²) in [5, 5.41) is 9.74. The Hall–Kier alpha value is -0.890. The second kappa shape index (κ2) is 3.70. The smallest absolute Gasteiger partial charge is 0.132 e. The fraction of sp³-hybridized carbons (Fsp3) is 0.500. The summed E-state index contributed by atoms with van der Waals surface area (Å²) in [6.07, 6.45) is 0. The van der Waals surface area contributed by atoms with Gasteiger partial charge in [0.2, 0.25) is 0 Å². The Bertz CT molecular complexity index is 324. The highest BCUT2D eigenvalue weighted by Gasteiger charge is 2.22. The van der Waals surface area contributed by atoms with Gasteiger partial charge in [-0.3, -0.25) is 0 Å². The van der Waals surface area contributed by atoms with E-state index in [4.69, 9.17) is 0 Å². The average molecular weight is 196 g/mol. The van der Waals surface area contributed by atoms with Gasteiger partial charge in [-0.05, 0) is 25.3 Å². The Morgan fingerprint density at radius 2 is 1.86 bits per heavy atom. The highest BCUT2D eigenvalue weighted by molar-refractivity contribution is 5.31. The monoisotopic (exact) mass is 196 g/mol. The molecule has 0 aliphatic rings. The van der Waals surface area contributed by atoms with Crippen LogP contribution in [0.2, 0.25) is 0 Å². The topological polar surface area (TPSA) is 20.2 Å². The van der Waals surface area contributed by atoms with Crippen LogP contribution in [0.25, 0.3) is 0 Å². The number of hydrogen-bond donors (Lipinski definition) is 1. The Morgan fingerprint density at radius 3 is 2.29 bits per heavy atom. The maximum absolute atomic E-state index is 13.9. The van der Waals surface area contributed by atoms with Crippen LogP contribution >= 0.6 is 0 Å². The molecule has 14 heavy (non-hydrogen) atoms. The van der Waals surface area contributed by atoms with Crippen LogP contribution in [0.15, 0.2) is 18.2 Å². The highest BCUT2D eigenvalue weighted by atomic mass is 19.1. The van der Waals surface area contributed by atoms with Gasteiger partial charge in [-0.2, -0.15) is 0 Å². The van der Waals surface area contributed by atoms with Gasteiger partial charge in [0.15, 0.2) is 0 Å². The van der Waals surface area contributed by atoms with E-state index < -0.39 is 5.60 Å². The molecule has 0 atom stereocenters. The second-order valence-corrected chi connectivity index (χ2v) is 4.42. The van der Waals surface area contributed by atoms with E-state index in [9.17, 15) is 9.50 Å². The van der Waals surface area contributed by atoms with Gasteiger partial charge in [0.05, 0.1) is 5.60 Å². The van der Waals surface area contributed by atoms with Crippen molar-refractivity contribution in [2.45, 2.75) is 39.2 Å². The summed E-state index contributed by atoms with van der Waals surface area (Å²) in [6, 6.07) is 5.17. The third kappa shape index (κ3) is 2.13. The molecular formula is C12H17FO. The molecule has 2 heteroatoms. The molecule has 0 fully saturated rings. The van der Waals surface area contributed by atoms with Crippen molar-refractivity contribution in [2.24, 2.45) is 0 Å². The van der Waals surface area contributed by atoms with Crippen molar-refractivity contribution in [3.05, 3.63) is 35.1 Å². The predicted molar refractivity (Wildman–Crippen MR) is 55.7 cm³/mol. The van der Waals surface area contributed by atoms with Gasteiger partial charge in [-0.1, -0.05) is 32.0 Å². The van der Waals surface area contributed by atoms with Crippen molar-refractivity contribution < 1.29 is 9.50 Å². The standard InChI is InChI=1S/C12H17FO/c1-8(2)9-6-5-7-10(11(9)13)12(3,4)14/h5-8,14H,1-4H3. The molecule has 78 valence electrons. The first-order chi connectivity index (χ1) is 6.34. The summed E-state index contributed by atoms with van der Waals surface area (Å²) in [5.41, 5.74) is -0.0945. The van der Waals surface area contributed by atoms with Gasteiger partial charge in [-0.15, -0.1) is 0 Å². The third-order valence-electron chi connectivity index (χ3n) is 2.31. The lowest BCUT2D eigenvalue weighted by molar-refractivity contribution is 0.0743. The minimum Gasteiger partial charge on any atom is -0.386 e. The van der Waals surface area contributed by atoms with Crippen molar-refractivity contribution in [2.75, 3.05) is 0 Å². The number of hydrogen-bond acceptors (Lipinski definition) is 1. The SMILES string of the molecule is CC(C)c1cccc(C(C)(C)O)c1F. The Balaban J connectivity index is 3.28. The van der Waals surface area contributed by atoms with Gasteiger partial charge in [0.1, 0.15) is 5.82 Å². The molecule has 0 amide bonds. The summed E-state index contributed by atoms with van der Waals surface area (Å²) in [6.45, 7) is 7.06. The molecule has 0 saturated carbocycles. The predicted octanol–water partition coefficient (Wildman–Crippen LogP) is 3.18. The van der Waals surface area contributed by atoms with Gasteiger partial charge < -0.3 is 5.11 Å². The largest absolute Gasteiger partial charge is 0.386 e. The lowest BCUT2D eigenvalue weighted by atomic mass is 9.92. The zero-order chi connectivity index (χ0) is 10.9. The molecule has 0 heterocycles. The molecule has 1 rings (SSSR count). The molecule has 0 radical (unpaired) electrons. The molecule has 1 aromatic rings. The zero-order valence-electron chi connectivity index (χ0n) is 9.13. The van der Waals surface area contributed by atoms with Crippen LogP contribution in [0.3, 0.4) is 0 Å². The van der Waals surface area contributed by atoms with Crippen LogP contribution in [0, 0.1) is 5.82 Å². The third-order valence-corrected chi connectivity index (χ3v) is 2.31. The molecule has 0 aliphatic carbocycles. The van der Waals surface area contributed by atoms with Crippen molar-refractivity contribution in [3.8, 4) is 0 Å². The van der Waals surface area contributed by atoms with E-state index in [1.54, 1.807) is 32.0 Å². The van der Waals surface area contributed by atoms with E-state index in [0.29, 0.717) is 11.1 Å². The summed E-state index contributed by atoms with van der Waals surface area (Å²) < 4.78 is 13.9. The first-order valence-corrected chi connectivity index (χ1v) is 4.85. The lowest BCUT2D eigenvalue weighted by Crippen LogP contribution is -2.18. The first-order valence-electron chi connectivity index (χ1n) is 4.85. The van der Waals surface area contributed by atoms with Crippen molar-refractivity contribution >= 4 is 0 Å². The van der Waals surface area contributed by atoms with Gasteiger partial charge in [-0.25, -0.2) is 4.39 Å². The van der Waals surface area contributed by atoms with Crippen LogP contribution in [-0.2, 0) is 5.60 Å². The number of rotatable bonds is 2. The van der Waals surface area contributed by atoms with E-state index in [2.05, 4.69) is 0 Å². The number of halogens is 1. The Labute approximate surface area is 84.6 Å². The minimum absolute atomic E-state index is 0.136. The molecule has 0 spiro atoms. The molecule has 1 aromatic carbocycles. The Morgan fingerprint density at radius 1 is 1.29 bits per heavy atom. The van der Waals surface area contributed by atoms with Crippen LogP contribution in [0.4, 0.5) is 4.39 Å². The molecule has 0 bridgehead atoms. The van der Waals surface area contributed by atoms with E-state index >= 15 is 0 Å². The van der Waals surface area contributed by atoms with Crippen LogP contribution in [0.1, 0.15) is 44.7 Å². The van der Waals surface area contributed by atoms with Gasteiger partial charge in [0, 0.05) is 5.56 Å². The van der Waals surface area contributed by atoms with Gasteiger partial charge in [0.25, 0.3) is 0 Å². The maximum atomic E-state index is 13.9. The second-order valence-electron chi connectivity index (χ2n) is 4.42. The quantitative estimate of drug-likeness (QED) is 0.770. The summed E-state index contributed by atoms with van der Waals surface area (Å²) in [7, 11) is 0. The van der Waals surface area contributed by atoms with Crippen LogP contribution in [0.5, 0.6) is 0 Å². The molecular weight excluding hydrogens is 179 g/mol. The number of aliphatic hydroxyl groups is 1. The summed E-state index contributed by atoms with van der Waals surface area (Å²) in [5.74, 6) is -0.146.